The first-order valence-electron chi connectivity index (χ1n) is 8.18. The molecule has 0 radical (unpaired) electrons. The number of nitrogens with one attached hydrogen (secondary N) is 1. The van der Waals surface area contributed by atoms with Crippen molar-refractivity contribution in [1.82, 2.24) is 4.98 Å². The number of hydrogen-bond donors (Lipinski definition) is 1. The molecule has 124 valence electrons. The predicted octanol–water partition coefficient (Wildman–Crippen LogP) is 1.41. The molecule has 1 N–H and O–H groups in total. The summed E-state index contributed by atoms with van der Waals surface area (Å²) in [7, 11) is 0. The number of carbonyl (C=O) groups excluding carboxylic acids is 1. The second-order valence-corrected chi connectivity index (χ2v) is 6.06. The number of benzene rings is 1. The van der Waals surface area contributed by atoms with Crippen LogP contribution in [-0.4, -0.2) is 43.7 Å². The highest BCUT2D eigenvalue weighted by Gasteiger charge is 2.26. The van der Waals surface area contributed by atoms with Crippen LogP contribution >= 0.6 is 0 Å². The Hall–Kier alpha value is -2.60. The van der Waals surface area contributed by atoms with E-state index in [2.05, 4.69) is 22.0 Å². The van der Waals surface area contributed by atoms with E-state index in [9.17, 15) is 9.59 Å². The molecule has 1 saturated heterocycles. The molecule has 0 bridgehead atoms. The number of aromatic nitrogens is 1. The first-order valence-corrected chi connectivity index (χ1v) is 8.18. The van der Waals surface area contributed by atoms with E-state index < -0.39 is 0 Å². The Bertz CT molecular complexity index is 804. The predicted molar refractivity (Wildman–Crippen MR) is 91.9 cm³/mol. The molecule has 1 aromatic carbocycles. The molecule has 1 aromatic heterocycles. The van der Waals surface area contributed by atoms with Crippen LogP contribution in [0.25, 0.3) is 0 Å². The number of anilines is 2. The van der Waals surface area contributed by atoms with Gasteiger partial charge >= 0.3 is 0 Å². The highest BCUT2D eigenvalue weighted by molar-refractivity contribution is 6.07. The topological polar surface area (TPSA) is 65.6 Å². The van der Waals surface area contributed by atoms with E-state index in [1.54, 1.807) is 11.0 Å². The third-order valence-electron chi connectivity index (χ3n) is 4.61. The maximum atomic E-state index is 12.7. The second-order valence-electron chi connectivity index (χ2n) is 6.06. The number of aromatic amines is 1. The molecule has 4 rings (SSSR count). The molecule has 0 saturated carbocycles. The van der Waals surface area contributed by atoms with Gasteiger partial charge in [-0.15, -0.1) is 0 Å². The minimum atomic E-state index is -0.205. The van der Waals surface area contributed by atoms with E-state index in [1.165, 1.54) is 23.5 Å². The number of ether oxygens (including phenoxy) is 1. The molecule has 1 amide bonds. The Kier molecular flexibility index (Phi) is 3.82. The number of fused-ring (bicyclic) bond motifs is 1. The Balaban J connectivity index is 1.58. The largest absolute Gasteiger partial charge is 0.378 e. The average molecular weight is 325 g/mol. The second kappa shape index (κ2) is 6.13. The van der Waals surface area contributed by atoms with Crippen LogP contribution < -0.4 is 15.4 Å². The highest BCUT2D eigenvalue weighted by Crippen LogP contribution is 2.32. The third-order valence-corrected chi connectivity index (χ3v) is 4.61. The van der Waals surface area contributed by atoms with Crippen molar-refractivity contribution < 1.29 is 9.53 Å². The van der Waals surface area contributed by atoms with E-state index >= 15 is 0 Å². The van der Waals surface area contributed by atoms with Gasteiger partial charge in [0.15, 0.2) is 0 Å². The number of pyridine rings is 1. The third kappa shape index (κ3) is 2.69. The summed E-state index contributed by atoms with van der Waals surface area (Å²) in [5.41, 5.74) is 3.64. The molecule has 3 heterocycles. The summed E-state index contributed by atoms with van der Waals surface area (Å²) in [5, 5.41) is 0. The van der Waals surface area contributed by atoms with E-state index in [4.69, 9.17) is 4.74 Å². The lowest BCUT2D eigenvalue weighted by Gasteiger charge is -2.29. The molecule has 6 nitrogen and oxygen atoms in total. The zero-order chi connectivity index (χ0) is 16.5. The number of carbonyl (C=O) groups is 1. The number of amides is 1. The summed E-state index contributed by atoms with van der Waals surface area (Å²) in [4.78, 5) is 30.5. The van der Waals surface area contributed by atoms with Crippen LogP contribution in [0.1, 0.15) is 15.9 Å². The van der Waals surface area contributed by atoms with Gasteiger partial charge in [-0.2, -0.15) is 0 Å². The van der Waals surface area contributed by atoms with Crippen LogP contribution in [0.15, 0.2) is 41.3 Å². The molecule has 2 aromatic rings. The minimum Gasteiger partial charge on any atom is -0.378 e. The highest BCUT2D eigenvalue weighted by atomic mass is 16.5. The van der Waals surface area contributed by atoms with Crippen molar-refractivity contribution in [3.8, 4) is 0 Å². The number of rotatable bonds is 2. The maximum absolute atomic E-state index is 12.7. The van der Waals surface area contributed by atoms with Crippen LogP contribution in [0, 0.1) is 0 Å². The van der Waals surface area contributed by atoms with Crippen molar-refractivity contribution in [2.75, 3.05) is 42.6 Å². The van der Waals surface area contributed by atoms with Crippen LogP contribution in [0.2, 0.25) is 0 Å². The SMILES string of the molecule is O=C(c1ccc(=O)[nH]c1)N1CCc2cc(N3CCOCC3)ccc21. The Labute approximate surface area is 139 Å². The molecular formula is C18H19N3O3. The molecule has 24 heavy (non-hydrogen) atoms. The lowest BCUT2D eigenvalue weighted by atomic mass is 10.1. The molecule has 0 aliphatic carbocycles. The summed E-state index contributed by atoms with van der Waals surface area (Å²) in [6, 6.07) is 9.23. The van der Waals surface area contributed by atoms with Gasteiger partial charge in [-0.1, -0.05) is 0 Å². The van der Waals surface area contributed by atoms with Crippen molar-refractivity contribution in [2.24, 2.45) is 0 Å². The normalized spacial score (nSPS) is 17.0. The van der Waals surface area contributed by atoms with Gasteiger partial charge in [0.2, 0.25) is 5.56 Å². The van der Waals surface area contributed by atoms with E-state index in [1.807, 2.05) is 6.07 Å². The number of morpholine rings is 1. The van der Waals surface area contributed by atoms with Gasteiger partial charge in [0, 0.05) is 43.3 Å². The molecule has 6 heteroatoms. The Morgan fingerprint density at radius 3 is 2.67 bits per heavy atom. The van der Waals surface area contributed by atoms with Gasteiger partial charge < -0.3 is 19.5 Å². The number of hydrogen-bond acceptors (Lipinski definition) is 4. The van der Waals surface area contributed by atoms with Gasteiger partial charge in [-0.25, -0.2) is 0 Å². The van der Waals surface area contributed by atoms with Gasteiger partial charge in [0.1, 0.15) is 0 Å². The van der Waals surface area contributed by atoms with Crippen molar-refractivity contribution in [2.45, 2.75) is 6.42 Å². The smallest absolute Gasteiger partial charge is 0.259 e. The first kappa shape index (κ1) is 15.0. The van der Waals surface area contributed by atoms with Crippen LogP contribution in [0.5, 0.6) is 0 Å². The summed E-state index contributed by atoms with van der Waals surface area (Å²) in [6.07, 6.45) is 2.33. The standard InChI is InChI=1S/C18H19N3O3/c22-17-4-1-14(12-19-17)18(23)21-6-5-13-11-15(2-3-16(13)21)20-7-9-24-10-8-20/h1-4,11-12H,5-10H2,(H,19,22). The summed E-state index contributed by atoms with van der Waals surface area (Å²) < 4.78 is 5.40. The van der Waals surface area contributed by atoms with Gasteiger partial charge in [0.25, 0.3) is 5.91 Å². The molecule has 1 fully saturated rings. The molecule has 2 aliphatic heterocycles. The monoisotopic (exact) mass is 325 g/mol. The van der Waals surface area contributed by atoms with E-state index in [-0.39, 0.29) is 11.5 Å². The van der Waals surface area contributed by atoms with Crippen LogP contribution in [0.4, 0.5) is 11.4 Å². The van der Waals surface area contributed by atoms with Crippen molar-refractivity contribution >= 4 is 17.3 Å². The quantitative estimate of drug-likeness (QED) is 0.907. The lowest BCUT2D eigenvalue weighted by Crippen LogP contribution is -2.36. The summed E-state index contributed by atoms with van der Waals surface area (Å²) in [6.45, 7) is 3.99. The van der Waals surface area contributed by atoms with Gasteiger partial charge in [0.05, 0.1) is 18.8 Å². The molecule has 0 atom stereocenters. The molecule has 0 spiro atoms. The summed E-state index contributed by atoms with van der Waals surface area (Å²) in [5.74, 6) is -0.0795. The van der Waals surface area contributed by atoms with Crippen molar-refractivity contribution in [1.29, 1.82) is 0 Å². The molecule has 2 aliphatic rings. The summed E-state index contributed by atoms with van der Waals surface area (Å²) >= 11 is 0. The van der Waals surface area contributed by atoms with Crippen molar-refractivity contribution in [3.63, 3.8) is 0 Å². The number of nitrogens with zero attached hydrogens (tertiary/aromatic N) is 2. The lowest BCUT2D eigenvalue weighted by molar-refractivity contribution is 0.0989. The van der Waals surface area contributed by atoms with Crippen LogP contribution in [0.3, 0.4) is 0 Å². The minimum absolute atomic E-state index is 0.0795. The van der Waals surface area contributed by atoms with Crippen LogP contribution in [-0.2, 0) is 11.2 Å². The Morgan fingerprint density at radius 1 is 1.08 bits per heavy atom. The fourth-order valence-electron chi connectivity index (χ4n) is 3.32. The van der Waals surface area contributed by atoms with Crippen molar-refractivity contribution in [3.05, 3.63) is 58.0 Å². The van der Waals surface area contributed by atoms with E-state index in [0.29, 0.717) is 12.1 Å². The number of H-pyrrole nitrogens is 1. The molecule has 0 unspecified atom stereocenters. The van der Waals surface area contributed by atoms with Gasteiger partial charge in [-0.3, -0.25) is 9.59 Å². The average Bonchev–Trinajstić information content (AvgIpc) is 3.05. The Morgan fingerprint density at radius 2 is 1.92 bits per heavy atom. The zero-order valence-electron chi connectivity index (χ0n) is 13.3. The first-order chi connectivity index (χ1) is 11.7. The maximum Gasteiger partial charge on any atom is 0.259 e. The fraction of sp³-hybridized carbons (Fsp3) is 0.333. The van der Waals surface area contributed by atoms with Gasteiger partial charge in [-0.05, 0) is 36.2 Å². The van der Waals surface area contributed by atoms with E-state index in [0.717, 1.165) is 38.4 Å². The molecular weight excluding hydrogens is 306 g/mol. The fourth-order valence-corrected chi connectivity index (χ4v) is 3.32. The zero-order valence-corrected chi connectivity index (χ0v) is 13.3.